The molecule has 0 saturated carbocycles. The number of nitrogens with zero attached hydrogens (tertiary/aromatic N) is 2. The molecule has 0 atom stereocenters. The standard InChI is InChI=1S/C20H19BrN2O3/c1-3-23-20(17(21)12-22-23)18(24)11-10-15-8-9-16(26-15)13-25-19-7-5-4-6-14(19)2/h4-12H,3,13H2,1-2H3/b11-10+. The van der Waals surface area contributed by atoms with Gasteiger partial charge in [-0.25, -0.2) is 0 Å². The molecule has 5 nitrogen and oxygen atoms in total. The van der Waals surface area contributed by atoms with E-state index in [2.05, 4.69) is 21.0 Å². The minimum Gasteiger partial charge on any atom is -0.485 e. The van der Waals surface area contributed by atoms with Crippen LogP contribution in [0.4, 0.5) is 0 Å². The van der Waals surface area contributed by atoms with Crippen LogP contribution in [0.3, 0.4) is 0 Å². The fourth-order valence-corrected chi connectivity index (χ4v) is 3.00. The molecule has 0 aliphatic rings. The molecule has 134 valence electrons. The first-order valence-electron chi connectivity index (χ1n) is 8.29. The van der Waals surface area contributed by atoms with Crippen LogP contribution in [0.15, 0.2) is 57.6 Å². The number of benzene rings is 1. The van der Waals surface area contributed by atoms with Gasteiger partial charge in [0, 0.05) is 6.54 Å². The Morgan fingerprint density at radius 3 is 2.88 bits per heavy atom. The number of aryl methyl sites for hydroxylation is 2. The van der Waals surface area contributed by atoms with Crippen molar-refractivity contribution in [2.45, 2.75) is 27.0 Å². The lowest BCUT2D eigenvalue weighted by Crippen LogP contribution is -2.07. The second-order valence-corrected chi connectivity index (χ2v) is 6.57. The molecule has 0 spiro atoms. The molecule has 2 aromatic heterocycles. The number of rotatable bonds is 7. The fourth-order valence-electron chi connectivity index (χ4n) is 2.51. The first-order valence-corrected chi connectivity index (χ1v) is 9.08. The molecule has 0 aliphatic heterocycles. The van der Waals surface area contributed by atoms with Gasteiger partial charge in [0.05, 0.1) is 10.7 Å². The average Bonchev–Trinajstić information content (AvgIpc) is 3.25. The fraction of sp³-hybridized carbons (Fsp3) is 0.200. The number of hydrogen-bond donors (Lipinski definition) is 0. The summed E-state index contributed by atoms with van der Waals surface area (Å²) in [7, 11) is 0. The number of ether oxygens (including phenoxy) is 1. The van der Waals surface area contributed by atoms with Crippen molar-refractivity contribution in [1.82, 2.24) is 9.78 Å². The number of ketones is 1. The minimum atomic E-state index is -0.134. The highest BCUT2D eigenvalue weighted by molar-refractivity contribution is 9.10. The van der Waals surface area contributed by atoms with Crippen LogP contribution in [0.25, 0.3) is 6.08 Å². The zero-order valence-corrected chi connectivity index (χ0v) is 16.2. The van der Waals surface area contributed by atoms with Crippen molar-refractivity contribution in [3.8, 4) is 5.75 Å². The third kappa shape index (κ3) is 4.14. The number of carbonyl (C=O) groups excluding carboxylic acids is 1. The van der Waals surface area contributed by atoms with Crippen LogP contribution < -0.4 is 4.74 Å². The lowest BCUT2D eigenvalue weighted by molar-refractivity contribution is 0.103. The summed E-state index contributed by atoms with van der Waals surface area (Å²) < 4.78 is 13.8. The number of furan rings is 1. The molecule has 0 amide bonds. The predicted molar refractivity (Wildman–Crippen MR) is 103 cm³/mol. The highest BCUT2D eigenvalue weighted by Gasteiger charge is 2.14. The maximum Gasteiger partial charge on any atom is 0.205 e. The molecule has 3 aromatic rings. The summed E-state index contributed by atoms with van der Waals surface area (Å²) in [5.41, 5.74) is 1.60. The highest BCUT2D eigenvalue weighted by atomic mass is 79.9. The van der Waals surface area contributed by atoms with Crippen molar-refractivity contribution in [3.05, 3.63) is 75.9 Å². The molecule has 0 saturated heterocycles. The molecule has 2 heterocycles. The maximum absolute atomic E-state index is 12.4. The van der Waals surface area contributed by atoms with E-state index in [-0.39, 0.29) is 5.78 Å². The summed E-state index contributed by atoms with van der Waals surface area (Å²) in [5, 5.41) is 4.15. The molecular formula is C20H19BrN2O3. The van der Waals surface area contributed by atoms with E-state index in [0.717, 1.165) is 11.3 Å². The quantitative estimate of drug-likeness (QED) is 0.401. The van der Waals surface area contributed by atoms with Gasteiger partial charge in [0.25, 0.3) is 0 Å². The monoisotopic (exact) mass is 414 g/mol. The van der Waals surface area contributed by atoms with E-state index in [4.69, 9.17) is 9.15 Å². The zero-order valence-electron chi connectivity index (χ0n) is 14.6. The van der Waals surface area contributed by atoms with E-state index in [0.29, 0.717) is 34.8 Å². The van der Waals surface area contributed by atoms with Gasteiger partial charge in [-0.1, -0.05) is 18.2 Å². The summed E-state index contributed by atoms with van der Waals surface area (Å²) >= 11 is 3.36. The Morgan fingerprint density at radius 2 is 2.12 bits per heavy atom. The van der Waals surface area contributed by atoms with Gasteiger partial charge in [0.2, 0.25) is 5.78 Å². The second-order valence-electron chi connectivity index (χ2n) is 5.71. The number of allylic oxidation sites excluding steroid dienone is 1. The number of carbonyl (C=O) groups is 1. The molecule has 0 unspecified atom stereocenters. The third-order valence-corrected chi connectivity index (χ3v) is 4.45. The summed E-state index contributed by atoms with van der Waals surface area (Å²) in [6.07, 6.45) is 4.76. The van der Waals surface area contributed by atoms with Gasteiger partial charge in [-0.2, -0.15) is 5.10 Å². The first kappa shape index (κ1) is 18.2. The molecule has 0 bridgehead atoms. The second kappa shape index (κ2) is 8.19. The molecule has 0 N–H and O–H groups in total. The Labute approximate surface area is 160 Å². The van der Waals surface area contributed by atoms with Gasteiger partial charge in [-0.15, -0.1) is 0 Å². The van der Waals surface area contributed by atoms with E-state index in [1.165, 1.54) is 6.08 Å². The third-order valence-electron chi connectivity index (χ3n) is 3.87. The molecule has 6 heteroatoms. The largest absolute Gasteiger partial charge is 0.485 e. The Hall–Kier alpha value is -2.60. The Morgan fingerprint density at radius 1 is 1.31 bits per heavy atom. The van der Waals surface area contributed by atoms with Crippen LogP contribution in [0, 0.1) is 6.92 Å². The van der Waals surface area contributed by atoms with Gasteiger partial charge in [-0.3, -0.25) is 9.48 Å². The van der Waals surface area contributed by atoms with E-state index in [1.807, 2.05) is 50.2 Å². The zero-order chi connectivity index (χ0) is 18.5. The van der Waals surface area contributed by atoms with Gasteiger partial charge >= 0.3 is 0 Å². The molecule has 0 aliphatic carbocycles. The van der Waals surface area contributed by atoms with E-state index >= 15 is 0 Å². The molecule has 0 fully saturated rings. The molecule has 1 aromatic carbocycles. The Kier molecular flexibility index (Phi) is 5.73. The van der Waals surface area contributed by atoms with Gasteiger partial charge in [-0.05, 0) is 65.7 Å². The van der Waals surface area contributed by atoms with Crippen LogP contribution in [-0.2, 0) is 13.2 Å². The smallest absolute Gasteiger partial charge is 0.205 e. The number of aromatic nitrogens is 2. The summed E-state index contributed by atoms with van der Waals surface area (Å²) in [4.78, 5) is 12.4. The lowest BCUT2D eigenvalue weighted by atomic mass is 10.2. The van der Waals surface area contributed by atoms with Crippen molar-refractivity contribution in [2.75, 3.05) is 0 Å². The number of halogens is 1. The average molecular weight is 415 g/mol. The van der Waals surface area contributed by atoms with Crippen LogP contribution >= 0.6 is 15.9 Å². The first-order chi connectivity index (χ1) is 12.6. The normalized spacial score (nSPS) is 11.2. The molecule has 0 radical (unpaired) electrons. The van der Waals surface area contributed by atoms with Crippen molar-refractivity contribution < 1.29 is 13.9 Å². The maximum atomic E-state index is 12.4. The molecule has 26 heavy (non-hydrogen) atoms. The van der Waals surface area contributed by atoms with E-state index < -0.39 is 0 Å². The lowest BCUT2D eigenvalue weighted by Gasteiger charge is -2.06. The van der Waals surface area contributed by atoms with Crippen molar-refractivity contribution in [2.24, 2.45) is 0 Å². The van der Waals surface area contributed by atoms with Crippen LogP contribution in [0.1, 0.15) is 34.5 Å². The number of para-hydroxylation sites is 1. The Balaban J connectivity index is 1.64. The van der Waals surface area contributed by atoms with Crippen LogP contribution in [0.2, 0.25) is 0 Å². The van der Waals surface area contributed by atoms with Crippen molar-refractivity contribution >= 4 is 27.8 Å². The van der Waals surface area contributed by atoms with Gasteiger partial charge < -0.3 is 9.15 Å². The van der Waals surface area contributed by atoms with E-state index in [9.17, 15) is 4.79 Å². The minimum absolute atomic E-state index is 0.134. The van der Waals surface area contributed by atoms with Gasteiger partial charge in [0.1, 0.15) is 29.6 Å². The summed E-state index contributed by atoms with van der Waals surface area (Å²) in [6.45, 7) is 4.89. The summed E-state index contributed by atoms with van der Waals surface area (Å²) in [6, 6.07) is 11.5. The molecule has 3 rings (SSSR count). The predicted octanol–water partition coefficient (Wildman–Crippen LogP) is 5.04. The van der Waals surface area contributed by atoms with Crippen molar-refractivity contribution in [3.63, 3.8) is 0 Å². The Bertz CT molecular complexity index is 940. The topological polar surface area (TPSA) is 57.3 Å². The number of hydrogen-bond acceptors (Lipinski definition) is 4. The highest BCUT2D eigenvalue weighted by Crippen LogP contribution is 2.20. The molecular weight excluding hydrogens is 396 g/mol. The van der Waals surface area contributed by atoms with Gasteiger partial charge in [0.15, 0.2) is 0 Å². The van der Waals surface area contributed by atoms with Crippen molar-refractivity contribution in [1.29, 1.82) is 0 Å². The summed E-state index contributed by atoms with van der Waals surface area (Å²) in [5.74, 6) is 1.99. The van der Waals surface area contributed by atoms with Crippen LogP contribution in [0.5, 0.6) is 5.75 Å². The van der Waals surface area contributed by atoms with E-state index in [1.54, 1.807) is 17.0 Å². The SMILES string of the molecule is CCn1ncc(Br)c1C(=O)/C=C/c1ccc(COc2ccccc2C)o1. The van der Waals surface area contributed by atoms with Crippen LogP contribution in [-0.4, -0.2) is 15.6 Å².